The number of unbranched alkanes of at least 4 members (excludes halogenated alkanes) is 21. The molecule has 0 bridgehead atoms. The predicted octanol–water partition coefficient (Wildman–Crippen LogP) is 13.0. The van der Waals surface area contributed by atoms with Crippen molar-refractivity contribution in [1.82, 2.24) is 0 Å². The Morgan fingerprint density at radius 2 is 1.00 bits per heavy atom. The van der Waals surface area contributed by atoms with Crippen LogP contribution in [-0.4, -0.2) is 74.9 Å². The molecule has 0 aromatic heterocycles. The van der Waals surface area contributed by atoms with Crippen LogP contribution in [0.25, 0.3) is 0 Å². The number of quaternary nitrogens is 1. The number of carbonyl (C=O) groups is 2. The van der Waals surface area contributed by atoms with Crippen LogP contribution >= 0.6 is 7.82 Å². The first kappa shape index (κ1) is 55.5. The number of ether oxygens (including phenoxy) is 2. The molecule has 0 rings (SSSR count). The first-order valence-corrected chi connectivity index (χ1v) is 24.3. The van der Waals surface area contributed by atoms with Gasteiger partial charge in [0.05, 0.1) is 27.7 Å². The van der Waals surface area contributed by atoms with Crippen molar-refractivity contribution >= 4 is 19.8 Å². The molecule has 1 unspecified atom stereocenters. The second-order valence-electron chi connectivity index (χ2n) is 16.3. The average molecular weight is 835 g/mol. The fraction of sp³-hybridized carbons (Fsp3) is 0.708. The van der Waals surface area contributed by atoms with Gasteiger partial charge in [0.2, 0.25) is 0 Å². The molecule has 0 aromatic carbocycles. The number of allylic oxidation sites excluding steroid dienone is 11. The lowest BCUT2D eigenvalue weighted by Crippen LogP contribution is -2.37. The Labute approximate surface area is 355 Å². The molecule has 0 spiro atoms. The molecule has 0 saturated heterocycles. The van der Waals surface area contributed by atoms with E-state index in [4.69, 9.17) is 18.5 Å². The summed E-state index contributed by atoms with van der Waals surface area (Å²) in [6.45, 7) is 4.22. The van der Waals surface area contributed by atoms with Crippen LogP contribution in [-0.2, 0) is 32.7 Å². The van der Waals surface area contributed by atoms with Gasteiger partial charge in [0.1, 0.15) is 19.8 Å². The van der Waals surface area contributed by atoms with Gasteiger partial charge >= 0.3 is 19.8 Å². The van der Waals surface area contributed by atoms with Crippen molar-refractivity contribution in [3.63, 3.8) is 0 Å². The molecule has 10 heteroatoms. The van der Waals surface area contributed by atoms with E-state index in [1.54, 1.807) is 18.2 Å². The van der Waals surface area contributed by atoms with E-state index in [0.29, 0.717) is 17.4 Å². The molecular weight excluding hydrogens is 750 g/mol. The van der Waals surface area contributed by atoms with E-state index in [0.717, 1.165) is 25.7 Å². The fourth-order valence-electron chi connectivity index (χ4n) is 5.91. The Morgan fingerprint density at radius 1 is 0.569 bits per heavy atom. The number of carbonyl (C=O) groups excluding carboxylic acids is 2. The van der Waals surface area contributed by atoms with Gasteiger partial charge in [-0.1, -0.05) is 209 Å². The number of phosphoric ester groups is 1. The SMILES string of the molecule is CCCCCCCCC/C=C/C=C/C=C/C=C/C=C/C=C/C(=O)OC[C@H](COP(=O)(O)OCC[N+](C)(C)C)OC(=O)CCCCCCCCCCCCCCCCC. The van der Waals surface area contributed by atoms with Gasteiger partial charge in [-0.05, 0) is 19.3 Å². The molecule has 9 nitrogen and oxygen atoms in total. The van der Waals surface area contributed by atoms with Crippen molar-refractivity contribution in [3.05, 3.63) is 72.9 Å². The molecule has 0 fully saturated rings. The quantitative estimate of drug-likeness (QED) is 0.0162. The standard InChI is InChI=1S/C48H84NO8P/c1-6-8-10-12-14-16-18-20-22-23-24-25-27-28-30-32-34-36-38-40-47(50)54-44-46(45-56-58(52,53)55-43-42-49(3,4)5)57-48(51)41-39-37-35-33-31-29-26-21-19-17-15-13-11-9-7-2/h22-25,27-28,30,32,34,36,38,40,46H,6-21,26,29,31,33,35,37,39,41-45H2,1-5H3/p+1/b23-22+,25-24+,28-27+,32-30+,36-34+,40-38+/t46-/m1/s1. The third kappa shape index (κ3) is 43.0. The highest BCUT2D eigenvalue weighted by atomic mass is 31.2. The van der Waals surface area contributed by atoms with E-state index in [1.807, 2.05) is 57.6 Å². The van der Waals surface area contributed by atoms with Crippen LogP contribution in [0, 0.1) is 0 Å². The summed E-state index contributed by atoms with van der Waals surface area (Å²) in [4.78, 5) is 35.2. The van der Waals surface area contributed by atoms with Gasteiger partial charge in [-0.3, -0.25) is 13.8 Å². The number of hydrogen-bond acceptors (Lipinski definition) is 7. The summed E-state index contributed by atoms with van der Waals surface area (Å²) in [5, 5.41) is 0. The van der Waals surface area contributed by atoms with E-state index in [1.165, 1.54) is 122 Å². The molecule has 1 N–H and O–H groups in total. The molecule has 0 saturated carbocycles. The zero-order valence-corrected chi connectivity index (χ0v) is 38.4. The average Bonchev–Trinajstić information content (AvgIpc) is 3.17. The smallest absolute Gasteiger partial charge is 0.458 e. The molecule has 58 heavy (non-hydrogen) atoms. The maximum absolute atomic E-state index is 12.7. The third-order valence-electron chi connectivity index (χ3n) is 9.48. The van der Waals surface area contributed by atoms with Crippen LogP contribution in [0.4, 0.5) is 0 Å². The topological polar surface area (TPSA) is 108 Å². The van der Waals surface area contributed by atoms with Gasteiger partial charge in [0, 0.05) is 12.5 Å². The zero-order valence-electron chi connectivity index (χ0n) is 37.5. The number of nitrogens with zero attached hydrogens (tertiary/aromatic N) is 1. The summed E-state index contributed by atoms with van der Waals surface area (Å²) < 4.78 is 34.1. The van der Waals surface area contributed by atoms with Gasteiger partial charge in [-0.25, -0.2) is 9.36 Å². The first-order chi connectivity index (χ1) is 28.0. The van der Waals surface area contributed by atoms with Crippen molar-refractivity contribution in [3.8, 4) is 0 Å². The summed E-state index contributed by atoms with van der Waals surface area (Å²) in [7, 11) is 1.40. The van der Waals surface area contributed by atoms with Crippen molar-refractivity contribution in [2.24, 2.45) is 0 Å². The molecule has 0 heterocycles. The van der Waals surface area contributed by atoms with Gasteiger partial charge in [-0.15, -0.1) is 0 Å². The number of rotatable bonds is 40. The molecule has 2 atom stereocenters. The molecule has 0 aliphatic carbocycles. The highest BCUT2D eigenvalue weighted by molar-refractivity contribution is 7.47. The molecule has 0 aliphatic rings. The van der Waals surface area contributed by atoms with Gasteiger partial charge in [-0.2, -0.15) is 0 Å². The van der Waals surface area contributed by atoms with Crippen LogP contribution < -0.4 is 0 Å². The Kier molecular flexibility index (Phi) is 38.1. The van der Waals surface area contributed by atoms with Crippen molar-refractivity contribution in [1.29, 1.82) is 0 Å². The van der Waals surface area contributed by atoms with Crippen LogP contribution in [0.5, 0.6) is 0 Å². The van der Waals surface area contributed by atoms with Crippen LogP contribution in [0.15, 0.2) is 72.9 Å². The summed E-state index contributed by atoms with van der Waals surface area (Å²) in [6.07, 6.45) is 50.2. The van der Waals surface area contributed by atoms with Crippen molar-refractivity contribution in [2.45, 2.75) is 174 Å². The molecule has 0 aliphatic heterocycles. The summed E-state index contributed by atoms with van der Waals surface area (Å²) in [5.74, 6) is -1.11. The van der Waals surface area contributed by atoms with E-state index in [2.05, 4.69) is 26.0 Å². The monoisotopic (exact) mass is 835 g/mol. The minimum atomic E-state index is -4.41. The Balaban J connectivity index is 4.58. The second kappa shape index (κ2) is 39.9. The van der Waals surface area contributed by atoms with Crippen LogP contribution in [0.3, 0.4) is 0 Å². The molecule has 0 aromatic rings. The van der Waals surface area contributed by atoms with E-state index < -0.39 is 32.5 Å². The number of likely N-dealkylation sites (N-methyl/N-ethyl adjacent to an activating group) is 1. The van der Waals surface area contributed by atoms with E-state index in [-0.39, 0.29) is 19.6 Å². The third-order valence-corrected chi connectivity index (χ3v) is 10.5. The molecule has 0 amide bonds. The highest BCUT2D eigenvalue weighted by Crippen LogP contribution is 2.43. The van der Waals surface area contributed by atoms with Crippen molar-refractivity contribution in [2.75, 3.05) is 47.5 Å². The van der Waals surface area contributed by atoms with Gasteiger partial charge in [0.15, 0.2) is 6.10 Å². The first-order valence-electron chi connectivity index (χ1n) is 22.8. The lowest BCUT2D eigenvalue weighted by molar-refractivity contribution is -0.870. The Morgan fingerprint density at radius 3 is 1.48 bits per heavy atom. The van der Waals surface area contributed by atoms with E-state index in [9.17, 15) is 19.0 Å². The lowest BCUT2D eigenvalue weighted by atomic mass is 10.0. The molecule has 334 valence electrons. The Hall–Kier alpha value is -2.55. The summed E-state index contributed by atoms with van der Waals surface area (Å²) in [5.41, 5.74) is 0. The largest absolute Gasteiger partial charge is 0.472 e. The van der Waals surface area contributed by atoms with Crippen molar-refractivity contribution < 1.29 is 42.1 Å². The number of hydrogen-bond donors (Lipinski definition) is 1. The molecular formula is C48H85NO8P+. The second-order valence-corrected chi connectivity index (χ2v) is 17.7. The summed E-state index contributed by atoms with van der Waals surface area (Å²) >= 11 is 0. The van der Waals surface area contributed by atoms with Crippen LogP contribution in [0.2, 0.25) is 0 Å². The normalized spacial score (nSPS) is 14.2. The summed E-state index contributed by atoms with van der Waals surface area (Å²) in [6, 6.07) is 0. The Bertz CT molecular complexity index is 1220. The maximum Gasteiger partial charge on any atom is 0.472 e. The number of esters is 2. The predicted molar refractivity (Wildman–Crippen MR) is 242 cm³/mol. The van der Waals surface area contributed by atoms with Crippen LogP contribution in [0.1, 0.15) is 168 Å². The minimum absolute atomic E-state index is 0.00772. The highest BCUT2D eigenvalue weighted by Gasteiger charge is 2.26. The van der Waals surface area contributed by atoms with Gasteiger partial charge < -0.3 is 18.9 Å². The lowest BCUT2D eigenvalue weighted by Gasteiger charge is -2.24. The fourth-order valence-corrected chi connectivity index (χ4v) is 6.65. The van der Waals surface area contributed by atoms with E-state index >= 15 is 0 Å². The zero-order chi connectivity index (χ0) is 42.8. The molecule has 0 radical (unpaired) electrons. The van der Waals surface area contributed by atoms with Gasteiger partial charge in [0.25, 0.3) is 0 Å². The minimum Gasteiger partial charge on any atom is -0.458 e. The number of phosphoric acid groups is 1. The maximum atomic E-state index is 12.7.